The van der Waals surface area contributed by atoms with Gasteiger partial charge in [0, 0.05) is 30.6 Å². The molecule has 146 valence electrons. The van der Waals surface area contributed by atoms with E-state index < -0.39 is 11.9 Å². The number of carbonyl (C=O) groups is 3. The number of halogens is 1. The fourth-order valence-electron chi connectivity index (χ4n) is 3.80. The van der Waals surface area contributed by atoms with Crippen molar-refractivity contribution >= 4 is 29.4 Å². The van der Waals surface area contributed by atoms with Crippen molar-refractivity contribution in [2.75, 3.05) is 19.7 Å². The van der Waals surface area contributed by atoms with E-state index in [4.69, 9.17) is 16.3 Å². The molecule has 0 aromatic heterocycles. The van der Waals surface area contributed by atoms with Gasteiger partial charge in [-0.3, -0.25) is 14.4 Å². The summed E-state index contributed by atoms with van der Waals surface area (Å²) in [6, 6.07) is 7.71. The van der Waals surface area contributed by atoms with Crippen LogP contribution in [0.5, 0.6) is 0 Å². The highest BCUT2D eigenvalue weighted by atomic mass is 35.5. The average molecular weight is 393 g/mol. The van der Waals surface area contributed by atoms with Gasteiger partial charge in [-0.15, -0.1) is 0 Å². The standard InChI is InChI=1S/C20H25ClN2O4/c21-16-5-3-4-14(10-16)8-9-22-18(24)13-27-20(26)15-11-19(25)23(12-15)17-6-1-2-7-17/h3-5,10,15,17H,1-2,6-9,11-13H2,(H,22,24)/t15-/m1/s1. The Labute approximate surface area is 164 Å². The SMILES string of the molecule is O=C(COC(=O)[C@@H]1CC(=O)N(C2CCCC2)C1)NCCc1cccc(Cl)c1. The summed E-state index contributed by atoms with van der Waals surface area (Å²) in [4.78, 5) is 38.0. The number of amides is 2. The van der Waals surface area contributed by atoms with Crippen molar-refractivity contribution in [2.45, 2.75) is 44.6 Å². The molecule has 1 atom stereocenters. The molecule has 2 fully saturated rings. The van der Waals surface area contributed by atoms with Crippen LogP contribution in [0.25, 0.3) is 0 Å². The van der Waals surface area contributed by atoms with Crippen molar-refractivity contribution in [2.24, 2.45) is 5.92 Å². The third kappa shape index (κ3) is 5.45. The van der Waals surface area contributed by atoms with Crippen LogP contribution in [0.2, 0.25) is 5.02 Å². The number of rotatable bonds is 7. The molecule has 3 rings (SSSR count). The van der Waals surface area contributed by atoms with Crippen molar-refractivity contribution in [1.29, 1.82) is 0 Å². The van der Waals surface area contributed by atoms with Crippen LogP contribution >= 0.6 is 11.6 Å². The number of hydrogen-bond acceptors (Lipinski definition) is 4. The maximum atomic E-state index is 12.2. The second kappa shape index (κ2) is 9.22. The van der Waals surface area contributed by atoms with Crippen LogP contribution in [0, 0.1) is 5.92 Å². The zero-order chi connectivity index (χ0) is 19.2. The van der Waals surface area contributed by atoms with Gasteiger partial charge in [0.05, 0.1) is 5.92 Å². The van der Waals surface area contributed by atoms with Crippen LogP contribution in [-0.4, -0.2) is 48.4 Å². The van der Waals surface area contributed by atoms with E-state index >= 15 is 0 Å². The Balaban J connectivity index is 1.36. The van der Waals surface area contributed by atoms with Crippen LogP contribution < -0.4 is 5.32 Å². The number of ether oxygens (including phenoxy) is 1. The number of esters is 1. The first-order chi connectivity index (χ1) is 13.0. The average Bonchev–Trinajstić information content (AvgIpc) is 3.29. The molecule has 1 saturated carbocycles. The zero-order valence-electron chi connectivity index (χ0n) is 15.3. The van der Waals surface area contributed by atoms with Gasteiger partial charge in [0.25, 0.3) is 5.91 Å². The van der Waals surface area contributed by atoms with E-state index in [1.165, 1.54) is 0 Å². The lowest BCUT2D eigenvalue weighted by atomic mass is 10.1. The van der Waals surface area contributed by atoms with Crippen LogP contribution in [0.4, 0.5) is 0 Å². The van der Waals surface area contributed by atoms with Crippen molar-refractivity contribution in [3.05, 3.63) is 34.9 Å². The van der Waals surface area contributed by atoms with Crippen molar-refractivity contribution in [3.63, 3.8) is 0 Å². The quantitative estimate of drug-likeness (QED) is 0.722. The molecule has 2 aliphatic rings. The number of benzene rings is 1. The first-order valence-corrected chi connectivity index (χ1v) is 9.88. The Hall–Kier alpha value is -2.08. The molecular weight excluding hydrogens is 368 g/mol. The second-order valence-electron chi connectivity index (χ2n) is 7.22. The smallest absolute Gasteiger partial charge is 0.311 e. The Kier molecular flexibility index (Phi) is 6.72. The molecular formula is C20H25ClN2O4. The Morgan fingerprint density at radius 3 is 2.78 bits per heavy atom. The van der Waals surface area contributed by atoms with Gasteiger partial charge >= 0.3 is 5.97 Å². The van der Waals surface area contributed by atoms with Gasteiger partial charge in [-0.2, -0.15) is 0 Å². The predicted octanol–water partition coefficient (Wildman–Crippen LogP) is 2.33. The van der Waals surface area contributed by atoms with Gasteiger partial charge in [0.1, 0.15) is 0 Å². The molecule has 7 heteroatoms. The van der Waals surface area contributed by atoms with Crippen molar-refractivity contribution < 1.29 is 19.1 Å². The molecule has 1 N–H and O–H groups in total. The molecule has 1 heterocycles. The molecule has 1 aromatic rings. The highest BCUT2D eigenvalue weighted by Gasteiger charge is 2.39. The normalized spacial score (nSPS) is 20.1. The summed E-state index contributed by atoms with van der Waals surface area (Å²) in [5, 5.41) is 3.38. The summed E-state index contributed by atoms with van der Waals surface area (Å²) in [6.07, 6.45) is 5.14. The Morgan fingerprint density at radius 2 is 2.04 bits per heavy atom. The highest BCUT2D eigenvalue weighted by Crippen LogP contribution is 2.29. The van der Waals surface area contributed by atoms with Gasteiger partial charge in [-0.1, -0.05) is 36.6 Å². The number of nitrogens with one attached hydrogen (secondary N) is 1. The zero-order valence-corrected chi connectivity index (χ0v) is 16.0. The van der Waals surface area contributed by atoms with Gasteiger partial charge in [-0.25, -0.2) is 0 Å². The molecule has 1 aromatic carbocycles. The molecule has 0 radical (unpaired) electrons. The van der Waals surface area contributed by atoms with E-state index in [9.17, 15) is 14.4 Å². The summed E-state index contributed by atoms with van der Waals surface area (Å²) in [5.74, 6) is -1.25. The van der Waals surface area contributed by atoms with E-state index in [0.717, 1.165) is 31.2 Å². The summed E-state index contributed by atoms with van der Waals surface area (Å²) < 4.78 is 5.12. The van der Waals surface area contributed by atoms with E-state index in [0.29, 0.717) is 24.5 Å². The molecule has 0 unspecified atom stereocenters. The van der Waals surface area contributed by atoms with E-state index in [1.54, 1.807) is 6.07 Å². The van der Waals surface area contributed by atoms with E-state index in [1.807, 2.05) is 23.1 Å². The highest BCUT2D eigenvalue weighted by molar-refractivity contribution is 6.30. The fraction of sp³-hybridized carbons (Fsp3) is 0.550. The Bertz CT molecular complexity index is 703. The first-order valence-electron chi connectivity index (χ1n) is 9.50. The maximum Gasteiger partial charge on any atom is 0.311 e. The Morgan fingerprint density at radius 1 is 1.26 bits per heavy atom. The minimum atomic E-state index is -0.464. The fourth-order valence-corrected chi connectivity index (χ4v) is 4.02. The maximum absolute atomic E-state index is 12.2. The molecule has 1 aliphatic carbocycles. The lowest BCUT2D eigenvalue weighted by molar-refractivity contribution is -0.152. The second-order valence-corrected chi connectivity index (χ2v) is 7.66. The largest absolute Gasteiger partial charge is 0.455 e. The molecule has 27 heavy (non-hydrogen) atoms. The monoisotopic (exact) mass is 392 g/mol. The topological polar surface area (TPSA) is 75.7 Å². The summed E-state index contributed by atoms with van der Waals surface area (Å²) in [7, 11) is 0. The lowest BCUT2D eigenvalue weighted by Gasteiger charge is -2.23. The van der Waals surface area contributed by atoms with Gasteiger partial charge in [0.15, 0.2) is 6.61 Å². The number of hydrogen-bond donors (Lipinski definition) is 1. The molecule has 0 spiro atoms. The molecule has 1 aliphatic heterocycles. The van der Waals surface area contributed by atoms with Crippen LogP contribution in [0.15, 0.2) is 24.3 Å². The van der Waals surface area contributed by atoms with Gasteiger partial charge < -0.3 is 15.0 Å². The lowest BCUT2D eigenvalue weighted by Crippen LogP contribution is -2.35. The van der Waals surface area contributed by atoms with E-state index in [2.05, 4.69) is 5.32 Å². The molecule has 1 saturated heterocycles. The predicted molar refractivity (Wildman–Crippen MR) is 101 cm³/mol. The number of likely N-dealkylation sites (tertiary alicyclic amines) is 1. The number of nitrogens with zero attached hydrogens (tertiary/aromatic N) is 1. The minimum Gasteiger partial charge on any atom is -0.455 e. The first kappa shape index (κ1) is 19.7. The minimum absolute atomic E-state index is 0.0230. The van der Waals surface area contributed by atoms with Gasteiger partial charge in [0.2, 0.25) is 5.91 Å². The summed E-state index contributed by atoms with van der Waals surface area (Å²) in [6.45, 7) is 0.537. The summed E-state index contributed by atoms with van der Waals surface area (Å²) in [5.41, 5.74) is 1.02. The van der Waals surface area contributed by atoms with Crippen LogP contribution in [0.1, 0.15) is 37.7 Å². The van der Waals surface area contributed by atoms with Crippen molar-refractivity contribution in [1.82, 2.24) is 10.2 Å². The number of carbonyl (C=O) groups excluding carboxylic acids is 3. The van der Waals surface area contributed by atoms with Crippen LogP contribution in [0.3, 0.4) is 0 Å². The molecule has 6 nitrogen and oxygen atoms in total. The third-order valence-corrected chi connectivity index (χ3v) is 5.46. The van der Waals surface area contributed by atoms with Gasteiger partial charge in [-0.05, 0) is 37.0 Å². The van der Waals surface area contributed by atoms with E-state index in [-0.39, 0.29) is 30.9 Å². The molecule has 2 amide bonds. The summed E-state index contributed by atoms with van der Waals surface area (Å²) >= 11 is 5.92. The van der Waals surface area contributed by atoms with Crippen LogP contribution in [-0.2, 0) is 25.5 Å². The van der Waals surface area contributed by atoms with Crippen molar-refractivity contribution in [3.8, 4) is 0 Å². The third-order valence-electron chi connectivity index (χ3n) is 5.23. The molecule has 0 bridgehead atoms.